The highest BCUT2D eigenvalue weighted by atomic mass is 16.5. The number of aromatic nitrogens is 2. The molecule has 0 saturated carbocycles. The maximum absolute atomic E-state index is 6.24. The third-order valence-electron chi connectivity index (χ3n) is 4.32. The van der Waals surface area contributed by atoms with E-state index in [1.54, 1.807) is 0 Å². The van der Waals surface area contributed by atoms with Crippen LogP contribution in [0.2, 0.25) is 0 Å². The lowest BCUT2D eigenvalue weighted by atomic mass is 10.1. The standard InChI is InChI=1S/C20H24N2O/c1-5-7-17-11-21-18-14(3)15(4)22-19(18)20(17)23-12-16-9-6-8-13(2)10-16/h6,8-11,22H,5,7,12H2,1-4H3. The molecule has 1 N–H and O–H groups in total. The first-order valence-electron chi connectivity index (χ1n) is 8.25. The monoisotopic (exact) mass is 308 g/mol. The summed E-state index contributed by atoms with van der Waals surface area (Å²) in [4.78, 5) is 8.09. The van der Waals surface area contributed by atoms with Crippen molar-refractivity contribution in [1.82, 2.24) is 9.97 Å². The molecule has 0 aliphatic carbocycles. The number of hydrogen-bond acceptors (Lipinski definition) is 2. The average Bonchev–Trinajstić information content (AvgIpc) is 2.82. The van der Waals surface area contributed by atoms with E-state index in [9.17, 15) is 0 Å². The molecule has 0 spiro atoms. The van der Waals surface area contributed by atoms with Crippen molar-refractivity contribution in [2.75, 3.05) is 0 Å². The predicted molar refractivity (Wildman–Crippen MR) is 95.1 cm³/mol. The van der Waals surface area contributed by atoms with Crippen LogP contribution in [0, 0.1) is 20.8 Å². The largest absolute Gasteiger partial charge is 0.486 e. The van der Waals surface area contributed by atoms with Crippen LogP contribution in [0.25, 0.3) is 11.0 Å². The lowest BCUT2D eigenvalue weighted by Gasteiger charge is -2.12. The molecule has 0 aliphatic rings. The second kappa shape index (κ2) is 6.45. The normalized spacial score (nSPS) is 11.1. The number of benzene rings is 1. The summed E-state index contributed by atoms with van der Waals surface area (Å²) in [5, 5.41) is 0. The molecule has 23 heavy (non-hydrogen) atoms. The van der Waals surface area contributed by atoms with Crippen LogP contribution in [-0.2, 0) is 13.0 Å². The van der Waals surface area contributed by atoms with Gasteiger partial charge in [0.25, 0.3) is 0 Å². The van der Waals surface area contributed by atoms with E-state index in [-0.39, 0.29) is 0 Å². The van der Waals surface area contributed by atoms with Gasteiger partial charge in [-0.1, -0.05) is 43.2 Å². The summed E-state index contributed by atoms with van der Waals surface area (Å²) in [6, 6.07) is 8.46. The molecule has 2 heterocycles. The summed E-state index contributed by atoms with van der Waals surface area (Å²) in [7, 11) is 0. The fourth-order valence-electron chi connectivity index (χ4n) is 2.96. The molecule has 3 aromatic rings. The number of rotatable bonds is 5. The third kappa shape index (κ3) is 3.09. The van der Waals surface area contributed by atoms with Crippen LogP contribution in [-0.4, -0.2) is 9.97 Å². The Morgan fingerprint density at radius 3 is 2.74 bits per heavy atom. The van der Waals surface area contributed by atoms with Crippen molar-refractivity contribution in [1.29, 1.82) is 0 Å². The summed E-state index contributed by atoms with van der Waals surface area (Å²) in [6.45, 7) is 9.05. The topological polar surface area (TPSA) is 37.9 Å². The molecule has 3 rings (SSSR count). The average molecular weight is 308 g/mol. The van der Waals surface area contributed by atoms with E-state index in [2.05, 4.69) is 61.9 Å². The molecule has 0 fully saturated rings. The predicted octanol–water partition coefficient (Wildman–Crippen LogP) is 5.02. The SMILES string of the molecule is CCCc1cnc2c(C)c(C)[nH]c2c1OCc1cccc(C)c1. The van der Waals surface area contributed by atoms with Gasteiger partial charge in [-0.3, -0.25) is 4.98 Å². The van der Waals surface area contributed by atoms with Crippen molar-refractivity contribution in [3.8, 4) is 5.75 Å². The highest BCUT2D eigenvalue weighted by molar-refractivity contribution is 5.86. The van der Waals surface area contributed by atoms with Gasteiger partial charge < -0.3 is 9.72 Å². The Morgan fingerprint density at radius 2 is 2.00 bits per heavy atom. The Labute approximate surface area is 137 Å². The molecule has 3 nitrogen and oxygen atoms in total. The molecule has 3 heteroatoms. The summed E-state index contributed by atoms with van der Waals surface area (Å²) < 4.78 is 6.24. The first kappa shape index (κ1) is 15.6. The molecular weight excluding hydrogens is 284 g/mol. The van der Waals surface area contributed by atoms with E-state index in [1.807, 2.05) is 6.20 Å². The Balaban J connectivity index is 1.99. The quantitative estimate of drug-likeness (QED) is 0.718. The number of hydrogen-bond donors (Lipinski definition) is 1. The molecule has 0 atom stereocenters. The Morgan fingerprint density at radius 1 is 1.17 bits per heavy atom. The summed E-state index contributed by atoms with van der Waals surface area (Å²) in [6.07, 6.45) is 4.02. The van der Waals surface area contributed by atoms with Crippen molar-refractivity contribution in [2.24, 2.45) is 0 Å². The Hall–Kier alpha value is -2.29. The number of pyridine rings is 1. The van der Waals surface area contributed by atoms with Crippen molar-refractivity contribution in [3.63, 3.8) is 0 Å². The molecule has 0 unspecified atom stereocenters. The molecule has 0 bridgehead atoms. The zero-order valence-corrected chi connectivity index (χ0v) is 14.4. The highest BCUT2D eigenvalue weighted by Crippen LogP contribution is 2.32. The third-order valence-corrected chi connectivity index (χ3v) is 4.32. The lowest BCUT2D eigenvalue weighted by molar-refractivity contribution is 0.306. The van der Waals surface area contributed by atoms with Gasteiger partial charge in [0.05, 0.1) is 5.52 Å². The molecule has 0 radical (unpaired) electrons. The number of fused-ring (bicyclic) bond motifs is 1. The number of aromatic amines is 1. The highest BCUT2D eigenvalue weighted by Gasteiger charge is 2.15. The fourth-order valence-corrected chi connectivity index (χ4v) is 2.96. The summed E-state index contributed by atoms with van der Waals surface area (Å²) in [5.41, 5.74) is 8.02. The van der Waals surface area contributed by atoms with Crippen LogP contribution in [0.4, 0.5) is 0 Å². The van der Waals surface area contributed by atoms with Gasteiger partial charge in [0.1, 0.15) is 17.9 Å². The molecule has 0 amide bonds. The van der Waals surface area contributed by atoms with Gasteiger partial charge in [0.15, 0.2) is 0 Å². The second-order valence-electron chi connectivity index (χ2n) is 6.24. The van der Waals surface area contributed by atoms with Crippen LogP contribution in [0.1, 0.15) is 41.3 Å². The zero-order valence-electron chi connectivity index (χ0n) is 14.4. The first-order valence-corrected chi connectivity index (χ1v) is 8.25. The van der Waals surface area contributed by atoms with E-state index in [4.69, 9.17) is 4.74 Å². The number of ether oxygens (including phenoxy) is 1. The van der Waals surface area contributed by atoms with Crippen LogP contribution in [0.15, 0.2) is 30.5 Å². The maximum Gasteiger partial charge on any atom is 0.150 e. The van der Waals surface area contributed by atoms with E-state index < -0.39 is 0 Å². The lowest BCUT2D eigenvalue weighted by Crippen LogP contribution is -2.01. The molecule has 0 aliphatic heterocycles. The van der Waals surface area contributed by atoms with Gasteiger partial charge in [-0.25, -0.2) is 0 Å². The zero-order chi connectivity index (χ0) is 16.4. The molecular formula is C20H24N2O. The smallest absolute Gasteiger partial charge is 0.150 e. The van der Waals surface area contributed by atoms with E-state index in [1.165, 1.54) is 22.3 Å². The number of aryl methyl sites for hydroxylation is 4. The van der Waals surface area contributed by atoms with Crippen LogP contribution < -0.4 is 4.74 Å². The van der Waals surface area contributed by atoms with Gasteiger partial charge in [0.2, 0.25) is 0 Å². The molecule has 1 aromatic carbocycles. The van der Waals surface area contributed by atoms with Gasteiger partial charge in [-0.15, -0.1) is 0 Å². The van der Waals surface area contributed by atoms with Crippen LogP contribution in [0.5, 0.6) is 5.75 Å². The minimum absolute atomic E-state index is 0.578. The Kier molecular flexibility index (Phi) is 4.37. The second-order valence-corrected chi connectivity index (χ2v) is 6.24. The minimum Gasteiger partial charge on any atom is -0.486 e. The van der Waals surface area contributed by atoms with E-state index in [0.717, 1.165) is 35.3 Å². The van der Waals surface area contributed by atoms with Crippen molar-refractivity contribution in [3.05, 3.63) is 58.4 Å². The number of H-pyrrole nitrogens is 1. The van der Waals surface area contributed by atoms with Crippen LogP contribution in [0.3, 0.4) is 0 Å². The molecule has 2 aromatic heterocycles. The Bertz CT molecular complexity index is 833. The van der Waals surface area contributed by atoms with Gasteiger partial charge in [-0.2, -0.15) is 0 Å². The molecule has 0 saturated heterocycles. The number of nitrogens with zero attached hydrogens (tertiary/aromatic N) is 1. The van der Waals surface area contributed by atoms with E-state index in [0.29, 0.717) is 6.61 Å². The van der Waals surface area contributed by atoms with Gasteiger partial charge in [-0.05, 0) is 38.3 Å². The van der Waals surface area contributed by atoms with Crippen molar-refractivity contribution in [2.45, 2.75) is 47.1 Å². The first-order chi connectivity index (χ1) is 11.1. The van der Waals surface area contributed by atoms with Crippen molar-refractivity contribution >= 4 is 11.0 Å². The summed E-state index contributed by atoms with van der Waals surface area (Å²) >= 11 is 0. The van der Waals surface area contributed by atoms with Crippen molar-refractivity contribution < 1.29 is 4.74 Å². The minimum atomic E-state index is 0.578. The maximum atomic E-state index is 6.24. The van der Waals surface area contributed by atoms with Gasteiger partial charge in [0, 0.05) is 17.5 Å². The fraction of sp³-hybridized carbons (Fsp3) is 0.350. The van der Waals surface area contributed by atoms with E-state index >= 15 is 0 Å². The number of nitrogens with one attached hydrogen (secondary N) is 1. The summed E-state index contributed by atoms with van der Waals surface area (Å²) in [5.74, 6) is 0.953. The molecule has 120 valence electrons. The van der Waals surface area contributed by atoms with Crippen LogP contribution >= 0.6 is 0 Å². The van der Waals surface area contributed by atoms with Gasteiger partial charge >= 0.3 is 0 Å².